The second-order valence-corrected chi connectivity index (χ2v) is 4.61. The largest absolute Gasteiger partial charge is 0.409 e. The van der Waals surface area contributed by atoms with Crippen molar-refractivity contribution in [1.29, 1.82) is 0 Å². The average molecular weight is 265 g/mol. The van der Waals surface area contributed by atoms with Crippen LogP contribution in [0.3, 0.4) is 0 Å². The van der Waals surface area contributed by atoms with E-state index in [9.17, 15) is 0 Å². The van der Waals surface area contributed by atoms with Crippen LogP contribution in [0.2, 0.25) is 0 Å². The van der Waals surface area contributed by atoms with Crippen LogP contribution in [-0.2, 0) is 4.74 Å². The van der Waals surface area contributed by atoms with E-state index in [2.05, 4.69) is 15.1 Å². The van der Waals surface area contributed by atoms with Crippen LogP contribution in [-0.4, -0.2) is 47.3 Å². The summed E-state index contributed by atoms with van der Waals surface area (Å²) in [7, 11) is 1.95. The maximum absolute atomic E-state index is 8.55. The lowest BCUT2D eigenvalue weighted by Gasteiger charge is -2.27. The molecule has 1 aromatic rings. The normalized spacial score (nSPS) is 20.3. The van der Waals surface area contributed by atoms with Crippen molar-refractivity contribution in [3.05, 3.63) is 18.1 Å². The number of rotatable bonds is 4. The zero-order valence-corrected chi connectivity index (χ0v) is 11.0. The number of oxime groups is 1. The zero-order valence-electron chi connectivity index (χ0n) is 11.0. The Balaban J connectivity index is 1.96. The lowest BCUT2D eigenvalue weighted by Crippen LogP contribution is -2.33. The highest BCUT2D eigenvalue weighted by Crippen LogP contribution is 2.15. The molecule has 0 amide bonds. The van der Waals surface area contributed by atoms with Gasteiger partial charge in [-0.1, -0.05) is 5.16 Å². The van der Waals surface area contributed by atoms with Crippen LogP contribution in [0.5, 0.6) is 0 Å². The number of amidine groups is 1. The van der Waals surface area contributed by atoms with Gasteiger partial charge in [0.1, 0.15) is 11.5 Å². The van der Waals surface area contributed by atoms with E-state index >= 15 is 0 Å². The molecule has 0 spiro atoms. The monoisotopic (exact) mass is 265 g/mol. The average Bonchev–Trinajstić information content (AvgIpc) is 2.47. The molecule has 1 aliphatic heterocycles. The van der Waals surface area contributed by atoms with Gasteiger partial charge in [0.15, 0.2) is 5.84 Å². The van der Waals surface area contributed by atoms with Crippen molar-refractivity contribution in [2.24, 2.45) is 10.9 Å². The van der Waals surface area contributed by atoms with E-state index in [1.807, 2.05) is 11.9 Å². The fraction of sp³-hybridized carbons (Fsp3) is 0.583. The molecule has 0 aliphatic carbocycles. The summed E-state index contributed by atoms with van der Waals surface area (Å²) < 4.78 is 5.69. The van der Waals surface area contributed by atoms with Gasteiger partial charge in [0, 0.05) is 20.2 Å². The molecule has 0 bridgehead atoms. The predicted molar refractivity (Wildman–Crippen MR) is 71.4 cm³/mol. The summed E-state index contributed by atoms with van der Waals surface area (Å²) in [5.41, 5.74) is 5.79. The molecular weight excluding hydrogens is 246 g/mol. The summed E-state index contributed by atoms with van der Waals surface area (Å²) in [5, 5.41) is 11.4. The first-order chi connectivity index (χ1) is 9.20. The Hall–Kier alpha value is -1.89. The third-order valence-electron chi connectivity index (χ3n) is 3.15. The molecule has 7 heteroatoms. The fourth-order valence-electron chi connectivity index (χ4n) is 2.05. The van der Waals surface area contributed by atoms with Gasteiger partial charge in [0.25, 0.3) is 0 Å². The smallest absolute Gasteiger partial charge is 0.190 e. The lowest BCUT2D eigenvalue weighted by atomic mass is 10.1. The first-order valence-corrected chi connectivity index (χ1v) is 6.33. The first-order valence-electron chi connectivity index (χ1n) is 6.33. The summed E-state index contributed by atoms with van der Waals surface area (Å²) in [4.78, 5) is 10.4. The number of anilines is 1. The molecule has 3 N–H and O–H groups in total. The van der Waals surface area contributed by atoms with Gasteiger partial charge in [-0.2, -0.15) is 0 Å². The summed E-state index contributed by atoms with van der Waals surface area (Å²) in [6, 6.07) is 0. The Kier molecular flexibility index (Phi) is 4.51. The van der Waals surface area contributed by atoms with Crippen molar-refractivity contribution in [2.75, 3.05) is 25.1 Å². The van der Waals surface area contributed by atoms with Crippen LogP contribution in [0.25, 0.3) is 0 Å². The molecule has 0 aromatic carbocycles. The Morgan fingerprint density at radius 1 is 1.53 bits per heavy atom. The van der Waals surface area contributed by atoms with Gasteiger partial charge in [-0.25, -0.2) is 9.97 Å². The molecule has 1 atom stereocenters. The van der Waals surface area contributed by atoms with Crippen LogP contribution >= 0.6 is 0 Å². The minimum Gasteiger partial charge on any atom is -0.409 e. The van der Waals surface area contributed by atoms with Crippen LogP contribution in [0.15, 0.2) is 17.5 Å². The molecule has 1 fully saturated rings. The summed E-state index contributed by atoms with van der Waals surface area (Å²) in [6.07, 6.45) is 6.80. The van der Waals surface area contributed by atoms with Gasteiger partial charge in [0.2, 0.25) is 0 Å². The van der Waals surface area contributed by atoms with Crippen LogP contribution in [0.4, 0.5) is 5.82 Å². The highest BCUT2D eigenvalue weighted by molar-refractivity contribution is 5.94. The summed E-state index contributed by atoms with van der Waals surface area (Å²) in [5.74, 6) is 0.695. The van der Waals surface area contributed by atoms with Crippen LogP contribution in [0.1, 0.15) is 25.0 Å². The van der Waals surface area contributed by atoms with E-state index < -0.39 is 0 Å². The van der Waals surface area contributed by atoms with Crippen molar-refractivity contribution in [2.45, 2.75) is 25.4 Å². The molecule has 19 heavy (non-hydrogen) atoms. The zero-order chi connectivity index (χ0) is 13.7. The minimum absolute atomic E-state index is 0.0442. The third kappa shape index (κ3) is 3.54. The summed E-state index contributed by atoms with van der Waals surface area (Å²) in [6.45, 7) is 1.63. The van der Waals surface area contributed by atoms with Gasteiger partial charge < -0.3 is 20.6 Å². The summed E-state index contributed by atoms with van der Waals surface area (Å²) >= 11 is 0. The Labute approximate surface area is 112 Å². The number of nitrogens with two attached hydrogens (primary N) is 1. The Bertz CT molecular complexity index is 428. The molecule has 1 unspecified atom stereocenters. The number of nitrogens with zero attached hydrogens (tertiary/aromatic N) is 4. The van der Waals surface area contributed by atoms with Crippen molar-refractivity contribution < 1.29 is 9.94 Å². The van der Waals surface area contributed by atoms with E-state index in [1.54, 1.807) is 6.20 Å². The van der Waals surface area contributed by atoms with Crippen LogP contribution in [0, 0.1) is 0 Å². The second-order valence-electron chi connectivity index (χ2n) is 4.61. The molecule has 2 rings (SSSR count). The molecule has 104 valence electrons. The molecule has 2 heterocycles. The molecule has 1 aliphatic rings. The topological polar surface area (TPSA) is 96.9 Å². The van der Waals surface area contributed by atoms with E-state index in [0.717, 1.165) is 31.8 Å². The minimum atomic E-state index is -0.0442. The maximum Gasteiger partial charge on any atom is 0.190 e. The third-order valence-corrected chi connectivity index (χ3v) is 3.15. The van der Waals surface area contributed by atoms with Crippen molar-refractivity contribution in [1.82, 2.24) is 9.97 Å². The predicted octanol–water partition coefficient (Wildman–Crippen LogP) is 0.576. The molecule has 0 saturated carbocycles. The van der Waals surface area contributed by atoms with Gasteiger partial charge >= 0.3 is 0 Å². The molecule has 1 saturated heterocycles. The van der Waals surface area contributed by atoms with Gasteiger partial charge in [-0.15, -0.1) is 0 Å². The number of hydrogen-bond acceptors (Lipinski definition) is 6. The molecule has 0 radical (unpaired) electrons. The molecule has 7 nitrogen and oxygen atoms in total. The standard InChI is InChI=1S/C12H19N5O2/c1-17(8-9-4-2-3-5-19-9)11-7-14-10(6-15-11)12(13)16-18/h6-7,9,18H,2-5,8H2,1H3,(H2,13,16). The lowest BCUT2D eigenvalue weighted by molar-refractivity contribution is 0.0215. The van der Waals surface area contributed by atoms with E-state index in [0.29, 0.717) is 5.69 Å². The second kappa shape index (κ2) is 6.33. The Morgan fingerprint density at radius 3 is 2.95 bits per heavy atom. The van der Waals surface area contributed by atoms with Crippen molar-refractivity contribution >= 4 is 11.7 Å². The van der Waals surface area contributed by atoms with Gasteiger partial charge in [-0.05, 0) is 19.3 Å². The van der Waals surface area contributed by atoms with E-state index in [1.165, 1.54) is 12.6 Å². The number of hydrogen-bond donors (Lipinski definition) is 2. The number of likely N-dealkylation sites (N-methyl/N-ethyl adjacent to an activating group) is 1. The molecular formula is C12H19N5O2. The number of aromatic nitrogens is 2. The molecule has 1 aromatic heterocycles. The number of ether oxygens (including phenoxy) is 1. The van der Waals surface area contributed by atoms with Gasteiger partial charge in [0.05, 0.1) is 18.5 Å². The van der Waals surface area contributed by atoms with Crippen molar-refractivity contribution in [3.63, 3.8) is 0 Å². The highest BCUT2D eigenvalue weighted by atomic mass is 16.5. The Morgan fingerprint density at radius 2 is 2.37 bits per heavy atom. The van der Waals surface area contributed by atoms with Crippen molar-refractivity contribution in [3.8, 4) is 0 Å². The quantitative estimate of drug-likeness (QED) is 0.358. The fourth-order valence-corrected chi connectivity index (χ4v) is 2.05. The SMILES string of the molecule is CN(CC1CCCCO1)c1cnc(C(N)=NO)cn1. The van der Waals surface area contributed by atoms with E-state index in [-0.39, 0.29) is 11.9 Å². The maximum atomic E-state index is 8.55. The van der Waals surface area contributed by atoms with Crippen LogP contribution < -0.4 is 10.6 Å². The van der Waals surface area contributed by atoms with E-state index in [4.69, 9.17) is 15.7 Å². The van der Waals surface area contributed by atoms with Gasteiger partial charge in [-0.3, -0.25) is 0 Å². The first kappa shape index (κ1) is 13.5. The highest BCUT2D eigenvalue weighted by Gasteiger charge is 2.16.